The Hall–Kier alpha value is -2.88. The van der Waals surface area contributed by atoms with Crippen molar-refractivity contribution in [1.82, 2.24) is 10.3 Å². The molecule has 0 radical (unpaired) electrons. The zero-order chi connectivity index (χ0) is 17.1. The zero-order valence-corrected chi connectivity index (χ0v) is 13.8. The topological polar surface area (TPSA) is 122 Å². The molecule has 7 nitrogen and oxygen atoms in total. The third kappa shape index (κ3) is 2.95. The quantitative estimate of drug-likeness (QED) is 0.801. The lowest BCUT2D eigenvalue weighted by molar-refractivity contribution is -0.116. The Kier molecular flexibility index (Phi) is 4.47. The summed E-state index contributed by atoms with van der Waals surface area (Å²) in [6, 6.07) is 7.51. The molecule has 0 fully saturated rings. The fourth-order valence-corrected chi connectivity index (χ4v) is 3.89. The van der Waals surface area contributed by atoms with Crippen molar-refractivity contribution < 1.29 is 4.79 Å². The lowest BCUT2D eigenvalue weighted by atomic mass is 10.0. The van der Waals surface area contributed by atoms with Crippen molar-refractivity contribution in [2.75, 3.05) is 12.3 Å². The minimum atomic E-state index is -0.542. The van der Waals surface area contributed by atoms with Crippen LogP contribution in [0.15, 0.2) is 32.3 Å². The van der Waals surface area contributed by atoms with E-state index < -0.39 is 5.56 Å². The lowest BCUT2D eigenvalue weighted by Gasteiger charge is -2.09. The van der Waals surface area contributed by atoms with E-state index in [9.17, 15) is 20.1 Å². The van der Waals surface area contributed by atoms with Gasteiger partial charge in [0.1, 0.15) is 23.5 Å². The van der Waals surface area contributed by atoms with Gasteiger partial charge in [-0.05, 0) is 11.4 Å². The van der Waals surface area contributed by atoms with E-state index >= 15 is 0 Å². The van der Waals surface area contributed by atoms with Crippen LogP contribution >= 0.6 is 23.1 Å². The van der Waals surface area contributed by atoms with Crippen molar-refractivity contribution in [2.45, 2.75) is 5.03 Å². The number of thiophene rings is 1. The molecule has 24 heavy (non-hydrogen) atoms. The highest BCUT2D eigenvalue weighted by atomic mass is 32.2. The summed E-state index contributed by atoms with van der Waals surface area (Å²) in [6.07, 6.45) is 0. The Morgan fingerprint density at radius 3 is 2.67 bits per heavy atom. The number of aromatic nitrogens is 1. The Bertz CT molecular complexity index is 977. The van der Waals surface area contributed by atoms with Crippen LogP contribution in [0, 0.1) is 22.7 Å². The van der Waals surface area contributed by atoms with Gasteiger partial charge in [0.05, 0.1) is 22.9 Å². The van der Waals surface area contributed by atoms with E-state index in [1.165, 1.54) is 23.1 Å². The van der Waals surface area contributed by atoms with Gasteiger partial charge in [-0.15, -0.1) is 11.3 Å². The molecule has 0 saturated carbocycles. The molecule has 0 aromatic carbocycles. The molecule has 0 aliphatic carbocycles. The number of carbonyl (C=O) groups is 1. The smallest absolute Gasteiger partial charge is 0.267 e. The number of H-pyrrole nitrogens is 1. The largest absolute Gasteiger partial charge is 0.364 e. The second-order valence-corrected chi connectivity index (χ2v) is 6.64. The van der Waals surface area contributed by atoms with Gasteiger partial charge >= 0.3 is 0 Å². The number of nitriles is 2. The lowest BCUT2D eigenvalue weighted by Crippen LogP contribution is -2.22. The van der Waals surface area contributed by atoms with E-state index in [-0.39, 0.29) is 23.6 Å². The van der Waals surface area contributed by atoms with Gasteiger partial charge in [-0.3, -0.25) is 9.59 Å². The van der Waals surface area contributed by atoms with Gasteiger partial charge < -0.3 is 10.3 Å². The van der Waals surface area contributed by atoms with Gasteiger partial charge in [0.2, 0.25) is 0 Å². The molecule has 2 aromatic rings. The number of aliphatic imine (C=N–C) groups is 1. The highest BCUT2D eigenvalue weighted by Crippen LogP contribution is 2.33. The number of amidine groups is 1. The number of amides is 1. The first-order valence-corrected chi connectivity index (χ1v) is 8.62. The monoisotopic (exact) mass is 355 g/mol. The summed E-state index contributed by atoms with van der Waals surface area (Å²) in [5.74, 6) is 0.557. The molecule has 0 unspecified atom stereocenters. The van der Waals surface area contributed by atoms with Crippen LogP contribution in [0.1, 0.15) is 11.1 Å². The van der Waals surface area contributed by atoms with E-state index in [1.54, 1.807) is 12.1 Å². The molecule has 1 aliphatic heterocycles. The number of nitrogens with zero attached hydrogens (tertiary/aromatic N) is 3. The average molecular weight is 355 g/mol. The molecule has 3 rings (SSSR count). The Morgan fingerprint density at radius 2 is 2.08 bits per heavy atom. The Morgan fingerprint density at radius 1 is 1.29 bits per heavy atom. The van der Waals surface area contributed by atoms with Crippen molar-refractivity contribution in [1.29, 1.82) is 10.5 Å². The normalized spacial score (nSPS) is 13.1. The molecule has 2 N–H and O–H groups in total. The maximum absolute atomic E-state index is 12.2. The van der Waals surface area contributed by atoms with Gasteiger partial charge in [-0.1, -0.05) is 17.8 Å². The van der Waals surface area contributed by atoms with Gasteiger partial charge in [0, 0.05) is 10.4 Å². The maximum Gasteiger partial charge on any atom is 0.267 e. The summed E-state index contributed by atoms with van der Waals surface area (Å²) in [4.78, 5) is 30.4. The van der Waals surface area contributed by atoms with Crippen molar-refractivity contribution in [2.24, 2.45) is 4.99 Å². The first kappa shape index (κ1) is 16.0. The van der Waals surface area contributed by atoms with Crippen molar-refractivity contribution in [3.05, 3.63) is 39.0 Å². The second-order valence-electron chi connectivity index (χ2n) is 4.70. The van der Waals surface area contributed by atoms with Gasteiger partial charge in [0.25, 0.3) is 11.5 Å². The SMILES string of the molecule is N#Cc1c(SCC2=NC(=O)CN2)[nH]c(=O)c(C#N)c1-c1cccs1. The number of hydrogen-bond donors (Lipinski definition) is 2. The van der Waals surface area contributed by atoms with E-state index in [1.807, 2.05) is 11.4 Å². The van der Waals surface area contributed by atoms with Gasteiger partial charge in [-0.25, -0.2) is 0 Å². The molecule has 0 spiro atoms. The number of hydrogen-bond acceptors (Lipinski definition) is 7. The third-order valence-corrected chi connectivity index (χ3v) is 5.13. The minimum absolute atomic E-state index is 0.0788. The molecule has 2 aromatic heterocycles. The fraction of sp³-hybridized carbons (Fsp3) is 0.133. The van der Waals surface area contributed by atoms with Crippen LogP contribution in [0.3, 0.4) is 0 Å². The van der Waals surface area contributed by atoms with Gasteiger partial charge in [0.15, 0.2) is 0 Å². The standard InChI is InChI=1S/C15H9N5O2S2/c16-4-8-13(10-2-1-3-23-10)9(5-17)15(20-14(8)22)24-7-11-18-6-12(21)19-11/h1-3H,6-7H2,(H,20,22)(H,18,19,21). The fourth-order valence-electron chi connectivity index (χ4n) is 2.20. The summed E-state index contributed by atoms with van der Waals surface area (Å²) in [5, 5.41) is 23.9. The van der Waals surface area contributed by atoms with Crippen molar-refractivity contribution >= 4 is 34.8 Å². The Labute approximate surface area is 144 Å². The highest BCUT2D eigenvalue weighted by molar-refractivity contribution is 8.00. The maximum atomic E-state index is 12.2. The predicted molar refractivity (Wildman–Crippen MR) is 91.0 cm³/mol. The van der Waals surface area contributed by atoms with Crippen molar-refractivity contribution in [3.63, 3.8) is 0 Å². The molecule has 1 amide bonds. The van der Waals surface area contributed by atoms with Crippen LogP contribution in [-0.4, -0.2) is 29.0 Å². The number of rotatable bonds is 4. The molecule has 0 bridgehead atoms. The van der Waals surface area contributed by atoms with Crippen LogP contribution in [0.25, 0.3) is 10.4 Å². The number of pyridine rings is 1. The summed E-state index contributed by atoms with van der Waals surface area (Å²) in [5.41, 5.74) is -0.0353. The van der Waals surface area contributed by atoms with Crippen LogP contribution in [0.2, 0.25) is 0 Å². The molecule has 1 aliphatic rings. The van der Waals surface area contributed by atoms with Crippen LogP contribution < -0.4 is 10.9 Å². The molecule has 3 heterocycles. The molecular formula is C15H9N5O2S2. The molecule has 0 atom stereocenters. The summed E-state index contributed by atoms with van der Waals surface area (Å²) >= 11 is 2.54. The summed E-state index contributed by atoms with van der Waals surface area (Å²) in [6.45, 7) is 0.158. The minimum Gasteiger partial charge on any atom is -0.364 e. The molecule has 118 valence electrons. The van der Waals surface area contributed by atoms with Gasteiger partial charge in [-0.2, -0.15) is 15.5 Å². The predicted octanol–water partition coefficient (Wildman–Crippen LogP) is 1.47. The average Bonchev–Trinajstić information content (AvgIpc) is 3.23. The first-order chi connectivity index (χ1) is 11.6. The van der Waals surface area contributed by atoms with Crippen LogP contribution in [0.5, 0.6) is 0 Å². The molecular weight excluding hydrogens is 346 g/mol. The highest BCUT2D eigenvalue weighted by Gasteiger charge is 2.21. The van der Waals surface area contributed by atoms with Crippen LogP contribution in [0.4, 0.5) is 0 Å². The molecule has 9 heteroatoms. The number of aromatic amines is 1. The second kappa shape index (κ2) is 6.71. The van der Waals surface area contributed by atoms with Crippen LogP contribution in [-0.2, 0) is 4.79 Å². The third-order valence-electron chi connectivity index (χ3n) is 3.23. The summed E-state index contributed by atoms with van der Waals surface area (Å²) in [7, 11) is 0. The Balaban J connectivity index is 2.06. The molecule has 0 saturated heterocycles. The number of thioether (sulfide) groups is 1. The van der Waals surface area contributed by atoms with E-state index in [4.69, 9.17) is 0 Å². The first-order valence-electron chi connectivity index (χ1n) is 6.75. The number of carbonyl (C=O) groups excluding carboxylic acids is 1. The van der Waals surface area contributed by atoms with E-state index in [2.05, 4.69) is 21.4 Å². The van der Waals surface area contributed by atoms with Crippen molar-refractivity contribution in [3.8, 4) is 22.6 Å². The zero-order valence-electron chi connectivity index (χ0n) is 12.1. The number of nitrogens with one attached hydrogen (secondary N) is 2. The summed E-state index contributed by atoms with van der Waals surface area (Å²) < 4.78 is 0. The van der Waals surface area contributed by atoms with E-state index in [0.717, 1.165) is 0 Å². The van der Waals surface area contributed by atoms with E-state index in [0.29, 0.717) is 27.1 Å².